The zero-order chi connectivity index (χ0) is 20.0. The summed E-state index contributed by atoms with van der Waals surface area (Å²) in [4.78, 5) is 0. The maximum atomic E-state index is 4.46. The zero-order valence-corrected chi connectivity index (χ0v) is 16.7. The quantitative estimate of drug-likeness (QED) is 0.410. The van der Waals surface area contributed by atoms with E-state index < -0.39 is 0 Å². The number of hydrogen-bond donors (Lipinski definition) is 1. The van der Waals surface area contributed by atoms with Crippen molar-refractivity contribution >= 4 is 27.9 Å². The Morgan fingerprint density at radius 3 is 2.69 bits per heavy atom. The van der Waals surface area contributed by atoms with E-state index in [0.29, 0.717) is 5.92 Å². The van der Waals surface area contributed by atoms with Gasteiger partial charge in [0.15, 0.2) is 0 Å². The predicted molar refractivity (Wildman–Crippen MR) is 126 cm³/mol. The molecule has 1 N–H and O–H groups in total. The first-order valence-corrected chi connectivity index (χ1v) is 9.98. The number of nitrogens with one attached hydrogen (secondary N) is 1. The highest BCUT2D eigenvalue weighted by molar-refractivity contribution is 5.85. The predicted octanol–water partition coefficient (Wildman–Crippen LogP) is 6.86. The second kappa shape index (κ2) is 6.82. The summed E-state index contributed by atoms with van der Waals surface area (Å²) in [6.07, 6.45) is 3.12. The lowest BCUT2D eigenvalue weighted by Crippen LogP contribution is -1.98. The number of fused-ring (bicyclic) bond motifs is 2. The van der Waals surface area contributed by atoms with Crippen LogP contribution < -0.4 is 5.32 Å². The van der Waals surface area contributed by atoms with E-state index in [1.807, 2.05) is 18.2 Å². The van der Waals surface area contributed by atoms with Crippen LogP contribution in [0.5, 0.6) is 0 Å². The smallest absolute Gasteiger partial charge is 0.0477 e. The Balaban J connectivity index is 0.00000218. The van der Waals surface area contributed by atoms with E-state index in [4.69, 9.17) is 0 Å². The number of rotatable bonds is 4. The lowest BCUT2D eigenvalue weighted by Gasteiger charge is -2.13. The summed E-state index contributed by atoms with van der Waals surface area (Å²) < 4.78 is 2.16. The summed E-state index contributed by atoms with van der Waals surface area (Å²) in [7, 11) is 2.09. The van der Waals surface area contributed by atoms with Crippen molar-refractivity contribution in [3.63, 3.8) is 0 Å². The Morgan fingerprint density at radius 2 is 1.86 bits per heavy atom. The van der Waals surface area contributed by atoms with Crippen molar-refractivity contribution in [2.75, 3.05) is 5.32 Å². The number of benzene rings is 3. The Kier molecular flexibility index (Phi) is 4.13. The van der Waals surface area contributed by atoms with Crippen molar-refractivity contribution in [3.8, 4) is 0 Å². The van der Waals surface area contributed by atoms with Crippen LogP contribution in [-0.2, 0) is 13.5 Å². The lowest BCUT2D eigenvalue weighted by molar-refractivity contribution is 0.900. The van der Waals surface area contributed by atoms with Gasteiger partial charge in [-0.05, 0) is 70.0 Å². The highest BCUT2D eigenvalue weighted by Gasteiger charge is 2.27. The molecular weight excluding hydrogens is 352 g/mol. The van der Waals surface area contributed by atoms with Gasteiger partial charge in [0.1, 0.15) is 0 Å². The van der Waals surface area contributed by atoms with Gasteiger partial charge < -0.3 is 9.88 Å². The second-order valence-electron chi connectivity index (χ2n) is 7.87. The fourth-order valence-corrected chi connectivity index (χ4v) is 4.38. The molecule has 4 aromatic rings. The van der Waals surface area contributed by atoms with Crippen molar-refractivity contribution in [1.82, 2.24) is 4.57 Å². The average molecular weight is 379 g/mol. The first-order chi connectivity index (χ1) is 14.1. The maximum Gasteiger partial charge on any atom is 0.0477 e. The molecule has 3 aromatic carbocycles. The molecule has 0 amide bonds. The van der Waals surface area contributed by atoms with Crippen LogP contribution in [0.1, 0.15) is 29.6 Å². The van der Waals surface area contributed by atoms with Crippen molar-refractivity contribution in [3.05, 3.63) is 114 Å². The number of aryl methyl sites for hydroxylation is 1. The largest absolute Gasteiger partial charge is 0.356 e. The van der Waals surface area contributed by atoms with Crippen molar-refractivity contribution < 1.29 is 1.43 Å². The van der Waals surface area contributed by atoms with Crippen LogP contribution in [0.3, 0.4) is 0 Å². The zero-order valence-electron chi connectivity index (χ0n) is 16.7. The molecule has 0 fully saturated rings. The van der Waals surface area contributed by atoms with Gasteiger partial charge in [-0.25, -0.2) is 0 Å². The Bertz CT molecular complexity index is 1250. The van der Waals surface area contributed by atoms with Gasteiger partial charge >= 0.3 is 0 Å². The van der Waals surface area contributed by atoms with E-state index in [1.165, 1.54) is 33.2 Å². The molecule has 2 nitrogen and oxygen atoms in total. The summed E-state index contributed by atoms with van der Waals surface area (Å²) in [5.74, 6) is 0.335. The molecule has 1 aliphatic carbocycles. The van der Waals surface area contributed by atoms with Crippen LogP contribution in [0.2, 0.25) is 0 Å². The summed E-state index contributed by atoms with van der Waals surface area (Å²) in [6.45, 7) is 8.65. The third kappa shape index (κ3) is 3.07. The topological polar surface area (TPSA) is 17.0 Å². The van der Waals surface area contributed by atoms with E-state index in [1.54, 1.807) is 0 Å². The number of nitrogens with zero attached hydrogens (tertiary/aromatic N) is 1. The summed E-state index contributed by atoms with van der Waals surface area (Å²) in [5.41, 5.74) is 9.48. The van der Waals surface area contributed by atoms with Crippen LogP contribution in [0.15, 0.2) is 92.2 Å². The first-order valence-electron chi connectivity index (χ1n) is 9.98. The minimum atomic E-state index is 0. The highest BCUT2D eigenvalue weighted by Crippen LogP contribution is 2.44. The molecule has 2 heteroatoms. The second-order valence-corrected chi connectivity index (χ2v) is 7.87. The molecule has 1 unspecified atom stereocenters. The van der Waals surface area contributed by atoms with Gasteiger partial charge in [-0.2, -0.15) is 0 Å². The molecule has 0 aliphatic heterocycles. The summed E-state index contributed by atoms with van der Waals surface area (Å²) >= 11 is 0. The molecule has 0 radical (unpaired) electrons. The van der Waals surface area contributed by atoms with E-state index in [0.717, 1.165) is 23.4 Å². The van der Waals surface area contributed by atoms with Gasteiger partial charge in [0.05, 0.1) is 0 Å². The van der Waals surface area contributed by atoms with Crippen LogP contribution in [0.4, 0.5) is 5.69 Å². The Hall–Kier alpha value is -3.52. The van der Waals surface area contributed by atoms with Gasteiger partial charge in [0.2, 0.25) is 0 Å². The lowest BCUT2D eigenvalue weighted by atomic mass is 9.92. The van der Waals surface area contributed by atoms with Crippen LogP contribution in [-0.4, -0.2) is 4.57 Å². The van der Waals surface area contributed by atoms with Gasteiger partial charge in [-0.15, -0.1) is 0 Å². The molecule has 0 saturated carbocycles. The van der Waals surface area contributed by atoms with Gasteiger partial charge in [0.25, 0.3) is 0 Å². The summed E-state index contributed by atoms with van der Waals surface area (Å²) in [5, 5.41) is 4.74. The third-order valence-electron chi connectivity index (χ3n) is 6.03. The number of aromatic nitrogens is 1. The van der Waals surface area contributed by atoms with E-state index >= 15 is 0 Å². The third-order valence-corrected chi connectivity index (χ3v) is 6.03. The van der Waals surface area contributed by atoms with Gasteiger partial charge in [-0.1, -0.05) is 55.6 Å². The molecule has 5 rings (SSSR count). The number of hydrogen-bond acceptors (Lipinski definition) is 1. The minimum Gasteiger partial charge on any atom is -0.356 e. The standard InChI is InChI=1S/C27H24N2.H2/c1-18-25(21-10-12-27-23(15-21)13-14-29(27)3)16-22-9-11-24(17-26(18)22)28-19(2)20-7-5-4-6-8-20;/h4-15,17,25,28H,1-2,16H2,3H3;1H. The van der Waals surface area contributed by atoms with Crippen LogP contribution in [0, 0.1) is 0 Å². The molecule has 1 heterocycles. The van der Waals surface area contributed by atoms with E-state index in [-0.39, 0.29) is 1.43 Å². The molecule has 29 heavy (non-hydrogen) atoms. The fraction of sp³-hybridized carbons (Fsp3) is 0.111. The van der Waals surface area contributed by atoms with E-state index in [9.17, 15) is 0 Å². The van der Waals surface area contributed by atoms with Crippen molar-refractivity contribution in [2.24, 2.45) is 7.05 Å². The molecule has 1 aromatic heterocycles. The fourth-order valence-electron chi connectivity index (χ4n) is 4.38. The van der Waals surface area contributed by atoms with Crippen LogP contribution >= 0.6 is 0 Å². The van der Waals surface area contributed by atoms with Crippen LogP contribution in [0.25, 0.3) is 22.2 Å². The number of anilines is 1. The molecule has 0 bridgehead atoms. The molecule has 1 atom stereocenters. The Morgan fingerprint density at radius 1 is 1.03 bits per heavy atom. The Labute approximate surface area is 173 Å². The number of allylic oxidation sites excluding steroid dienone is 1. The molecule has 0 spiro atoms. The van der Waals surface area contributed by atoms with Crippen molar-refractivity contribution in [1.29, 1.82) is 0 Å². The molecule has 144 valence electrons. The summed E-state index contributed by atoms with van der Waals surface area (Å²) in [6, 6.07) is 25.8. The minimum absolute atomic E-state index is 0. The van der Waals surface area contributed by atoms with Gasteiger partial charge in [0, 0.05) is 37.5 Å². The van der Waals surface area contributed by atoms with E-state index in [2.05, 4.69) is 90.9 Å². The highest BCUT2D eigenvalue weighted by atomic mass is 14.9. The normalized spacial score (nSPS) is 15.5. The first kappa shape index (κ1) is 17.6. The maximum absolute atomic E-state index is 4.46. The van der Waals surface area contributed by atoms with Gasteiger partial charge in [-0.3, -0.25) is 0 Å². The monoisotopic (exact) mass is 378 g/mol. The molecule has 0 saturated heterocycles. The SMILES string of the molecule is C=C(Nc1ccc2c(c1)C(=C)C(c1ccc3c(ccn3C)c1)C2)c1ccccc1.[HH]. The molecule has 1 aliphatic rings. The molecular formula is C27H26N2. The average Bonchev–Trinajstić information content (AvgIpc) is 3.28. The van der Waals surface area contributed by atoms with Crippen molar-refractivity contribution in [2.45, 2.75) is 12.3 Å².